The van der Waals surface area contributed by atoms with Crippen molar-refractivity contribution in [2.45, 2.75) is 20.0 Å². The average Bonchev–Trinajstić information content (AvgIpc) is 1.88. The van der Waals surface area contributed by atoms with Gasteiger partial charge in [-0.15, -0.1) is 22.8 Å². The van der Waals surface area contributed by atoms with Gasteiger partial charge in [0, 0.05) is 0 Å². The maximum absolute atomic E-state index is 12.4. The Bertz CT molecular complexity index is 141. The Morgan fingerprint density at radius 1 is 1.27 bits per heavy atom. The minimum absolute atomic E-state index is 0.689. The zero-order valence-corrected chi connectivity index (χ0v) is 9.76. The molecule has 0 bridgehead atoms. The van der Waals surface area contributed by atoms with Gasteiger partial charge in [-0.05, 0) is 11.5 Å². The van der Waals surface area contributed by atoms with Gasteiger partial charge in [-0.3, -0.25) is 0 Å². The fraction of sp³-hybridized carbons (Fsp3) is 1.00. The molecule has 11 heavy (non-hydrogen) atoms. The van der Waals surface area contributed by atoms with E-state index in [1.165, 1.54) is 22.8 Å². The van der Waals surface area contributed by atoms with Gasteiger partial charge in [-0.2, -0.15) is 0 Å². The number of hydrogen-bond donors (Lipinski definition) is 0. The summed E-state index contributed by atoms with van der Waals surface area (Å²) in [5, 5.41) is 0. The van der Waals surface area contributed by atoms with Crippen LogP contribution in [-0.4, -0.2) is 17.7 Å². The molecule has 0 unspecified atom stereocenters. The van der Waals surface area contributed by atoms with Crippen molar-refractivity contribution in [3.63, 3.8) is 0 Å². The summed E-state index contributed by atoms with van der Waals surface area (Å²) in [5.74, 6) is 1.38. The standard InChI is InChI=1S/C5H11F2PS3/c1-3-10-8(9,5(6)7)11-4-2/h5H,3-4H2,1-2H3. The van der Waals surface area contributed by atoms with E-state index in [4.69, 9.17) is 11.8 Å². The van der Waals surface area contributed by atoms with Crippen LogP contribution in [0.3, 0.4) is 0 Å². The molecule has 6 heteroatoms. The second-order valence-corrected chi connectivity index (χ2v) is 13.6. The average molecular weight is 236 g/mol. The predicted molar refractivity (Wildman–Crippen MR) is 56.6 cm³/mol. The van der Waals surface area contributed by atoms with Crippen molar-refractivity contribution in [1.82, 2.24) is 0 Å². The Hall–Kier alpha value is 1.21. The van der Waals surface area contributed by atoms with E-state index in [9.17, 15) is 8.78 Å². The van der Waals surface area contributed by atoms with E-state index >= 15 is 0 Å². The number of rotatable bonds is 5. The minimum atomic E-state index is -2.46. The third-order valence-corrected chi connectivity index (χ3v) is 11.5. The molecule has 68 valence electrons. The van der Waals surface area contributed by atoms with E-state index in [1.54, 1.807) is 0 Å². The minimum Gasteiger partial charge on any atom is -0.203 e. The van der Waals surface area contributed by atoms with Gasteiger partial charge in [-0.1, -0.05) is 25.7 Å². The zero-order valence-electron chi connectivity index (χ0n) is 6.42. The Morgan fingerprint density at radius 2 is 1.64 bits per heavy atom. The molecule has 0 aliphatic rings. The molecule has 0 atom stereocenters. The first-order valence-electron chi connectivity index (χ1n) is 3.23. The van der Waals surface area contributed by atoms with Crippen molar-refractivity contribution in [1.29, 1.82) is 0 Å². The molecule has 0 fully saturated rings. The van der Waals surface area contributed by atoms with E-state index in [2.05, 4.69) is 0 Å². The van der Waals surface area contributed by atoms with Crippen LogP contribution in [0.4, 0.5) is 8.78 Å². The van der Waals surface area contributed by atoms with Gasteiger partial charge in [-0.25, -0.2) is 8.78 Å². The summed E-state index contributed by atoms with van der Waals surface area (Å²) in [6.45, 7) is 3.73. The van der Waals surface area contributed by atoms with Crippen LogP contribution in [0.2, 0.25) is 0 Å². The number of alkyl halides is 2. The lowest BCUT2D eigenvalue weighted by atomic mass is 11.0. The molecule has 0 saturated heterocycles. The summed E-state index contributed by atoms with van der Waals surface area (Å²) in [4.78, 5) is 0. The highest BCUT2D eigenvalue weighted by Crippen LogP contribution is 2.73. The number of halogens is 2. The lowest BCUT2D eigenvalue weighted by molar-refractivity contribution is 0.249. The molecule has 0 heterocycles. The molecular formula is C5H11F2PS3. The summed E-state index contributed by atoms with van der Waals surface area (Å²) < 4.78 is 22.3. The first-order chi connectivity index (χ1) is 5.06. The second kappa shape index (κ2) is 5.79. The van der Waals surface area contributed by atoms with Gasteiger partial charge in [0.2, 0.25) is 0 Å². The fourth-order valence-corrected chi connectivity index (χ4v) is 9.05. The highest BCUT2D eigenvalue weighted by Gasteiger charge is 2.28. The highest BCUT2D eigenvalue weighted by molar-refractivity contribution is 9.00. The van der Waals surface area contributed by atoms with Crippen LogP contribution in [0.15, 0.2) is 0 Å². The summed E-state index contributed by atoms with van der Waals surface area (Å²) in [6, 6.07) is 0. The third-order valence-electron chi connectivity index (χ3n) is 0.857. The molecule has 0 aromatic heterocycles. The summed E-state index contributed by atoms with van der Waals surface area (Å²) >= 11 is 7.41. The Labute approximate surface area is 79.4 Å². The molecule has 0 N–H and O–H groups in total. The first-order valence-corrected chi connectivity index (χ1v) is 9.29. The maximum atomic E-state index is 12.4. The molecule has 0 radical (unpaired) electrons. The van der Waals surface area contributed by atoms with E-state index in [-0.39, 0.29) is 0 Å². The van der Waals surface area contributed by atoms with Crippen molar-refractivity contribution >= 4 is 39.0 Å². The van der Waals surface area contributed by atoms with Crippen LogP contribution in [-0.2, 0) is 11.8 Å². The van der Waals surface area contributed by atoms with Gasteiger partial charge < -0.3 is 0 Å². The van der Waals surface area contributed by atoms with Crippen LogP contribution >= 0.6 is 27.2 Å². The van der Waals surface area contributed by atoms with Gasteiger partial charge in [0.05, 0.1) is 0 Å². The molecule has 0 nitrogen and oxygen atoms in total. The monoisotopic (exact) mass is 236 g/mol. The van der Waals surface area contributed by atoms with Gasteiger partial charge in [0.15, 0.2) is 0 Å². The molecular weight excluding hydrogens is 225 g/mol. The fourth-order valence-electron chi connectivity index (χ4n) is 0.510. The molecule has 0 aromatic rings. The van der Waals surface area contributed by atoms with Crippen molar-refractivity contribution in [2.24, 2.45) is 0 Å². The maximum Gasteiger partial charge on any atom is 0.281 e. The van der Waals surface area contributed by atoms with Crippen molar-refractivity contribution < 1.29 is 8.78 Å². The lowest BCUT2D eigenvalue weighted by Crippen LogP contribution is -1.87. The van der Waals surface area contributed by atoms with E-state index < -0.39 is 10.6 Å². The van der Waals surface area contributed by atoms with Gasteiger partial charge in [0.25, 0.3) is 6.17 Å². The lowest BCUT2D eigenvalue weighted by Gasteiger charge is -2.17. The Balaban J connectivity index is 4.14. The first kappa shape index (κ1) is 12.2. The Kier molecular flexibility index (Phi) is 6.42. The van der Waals surface area contributed by atoms with E-state index in [0.717, 1.165) is 0 Å². The number of hydrogen-bond acceptors (Lipinski definition) is 3. The zero-order chi connectivity index (χ0) is 8.91. The van der Waals surface area contributed by atoms with Gasteiger partial charge in [0.1, 0.15) is 4.44 Å². The normalized spacial score (nSPS) is 12.5. The highest BCUT2D eigenvalue weighted by atomic mass is 33.2. The molecule has 0 saturated carbocycles. The van der Waals surface area contributed by atoms with Crippen LogP contribution in [0, 0.1) is 0 Å². The Morgan fingerprint density at radius 3 is 1.82 bits per heavy atom. The van der Waals surface area contributed by atoms with Crippen molar-refractivity contribution in [2.75, 3.05) is 11.5 Å². The smallest absolute Gasteiger partial charge is 0.203 e. The van der Waals surface area contributed by atoms with Crippen LogP contribution in [0.25, 0.3) is 0 Å². The molecule has 0 spiro atoms. The SMILES string of the molecule is CCSP(=S)(SCC)C(F)F. The summed E-state index contributed by atoms with van der Waals surface area (Å²) in [6.07, 6.45) is -2.31. The summed E-state index contributed by atoms with van der Waals surface area (Å²) in [5.41, 5.74) is 0. The van der Waals surface area contributed by atoms with Crippen molar-refractivity contribution in [3.05, 3.63) is 0 Å². The molecule has 0 rings (SSSR count). The second-order valence-electron chi connectivity index (χ2n) is 1.65. The molecule has 0 amide bonds. The third kappa shape index (κ3) is 4.11. The molecule has 0 aliphatic heterocycles. The van der Waals surface area contributed by atoms with Crippen LogP contribution < -0.4 is 0 Å². The van der Waals surface area contributed by atoms with E-state index in [1.807, 2.05) is 13.8 Å². The molecule has 0 aliphatic carbocycles. The quantitative estimate of drug-likeness (QED) is 0.662. The topological polar surface area (TPSA) is 0 Å². The molecule has 0 aromatic carbocycles. The largest absolute Gasteiger partial charge is 0.281 e. The summed E-state index contributed by atoms with van der Waals surface area (Å²) in [7, 11) is 0. The van der Waals surface area contributed by atoms with Crippen LogP contribution in [0.5, 0.6) is 0 Å². The van der Waals surface area contributed by atoms with Gasteiger partial charge >= 0.3 is 0 Å². The van der Waals surface area contributed by atoms with Crippen LogP contribution in [0.1, 0.15) is 13.8 Å². The van der Waals surface area contributed by atoms with E-state index in [0.29, 0.717) is 11.5 Å². The predicted octanol–water partition coefficient (Wildman–Crippen LogP) is 4.02. The van der Waals surface area contributed by atoms with Crippen molar-refractivity contribution in [3.8, 4) is 0 Å².